The number of rotatable bonds is 13. The molecular weight excluding hydrogens is 1760 g/mol. The van der Waals surface area contributed by atoms with Gasteiger partial charge in [-0.25, -0.2) is 68.9 Å². The van der Waals surface area contributed by atoms with Gasteiger partial charge in [0.2, 0.25) is 35.4 Å². The standard InChI is InChI=1S/2C11H15N5O5.2C11H14N4O5.C6H7N5OS.C6H6N4O.2C6H6N4S/c1-20-7-4(2-17)21-10(6(7)18)16-3-13-5-8(16)14-11(12)15-9(5)19;1-15-3-16(8-5(15)9(20)14-11(12)13-8)10-7(19)6(18)4(2-17)21-10;1-14-3-13-9-6(10(14)19)12-4-15(9)11-8(18)7(17)5(2-16)20-11;1-14-4-15(9-6(14)10(19)13-3-12-9)11-8(18)7(17)5(2-16)20-11;1-13-11-6-9-4-3(5(12)10-6)7-2-8-4;1-10-3-9-5-4(6(10)11)7-2-8-5;2*1-11-6-4-5(8-2-7-4)9-3-10-6/h3-4,6-7,10,17-18H,2H2,1H3,(H3,12,14,15,19);3-4,6-7,10,17-19H,2H2,1H3,(H2-,12,13,14,20);2*3-5,7-8,11,16-18H,2H2,1H3;2H,1H3,(H3,7,8,9,10,11,12);2-3H,1H3,(H,7,8);2*2-3H,1H3,(H,7,8,9,10)/p+2/t2*4-,6-,7-,10-;2*5-,7-,8-,11-;;;;/m1111..../s1. The number of anilines is 3. The molecule has 60 heteroatoms. The predicted octanol–water partition coefficient (Wildman–Crippen LogP) is -8.25. The van der Waals surface area contributed by atoms with Crippen LogP contribution in [0.2, 0.25) is 0 Å². The Labute approximate surface area is 724 Å². The topological polar surface area (TPSA) is 805 Å². The number of imidazole rings is 8. The maximum atomic E-state index is 11.9. The maximum absolute atomic E-state index is 11.9. The summed E-state index contributed by atoms with van der Waals surface area (Å²) < 4.78 is 41.2. The van der Waals surface area contributed by atoms with Crippen molar-refractivity contribution in [3.63, 3.8) is 0 Å². The number of nitrogens with one attached hydrogen (secondary N) is 9. The lowest BCUT2D eigenvalue weighted by molar-refractivity contribution is -0.746. The molecule has 20 heterocycles. The zero-order valence-electron chi connectivity index (χ0n) is 68.1. The van der Waals surface area contributed by atoms with Crippen molar-refractivity contribution in [2.24, 2.45) is 28.2 Å². The van der Waals surface area contributed by atoms with Gasteiger partial charge in [-0.15, -0.1) is 23.5 Å². The number of aliphatic hydroxyl groups excluding tert-OH is 11. The predicted molar refractivity (Wildman–Crippen MR) is 447 cm³/mol. The van der Waals surface area contributed by atoms with E-state index in [4.69, 9.17) is 50.5 Å². The molecule has 128 heavy (non-hydrogen) atoms. The third-order valence-electron chi connectivity index (χ3n) is 19.8. The van der Waals surface area contributed by atoms with Crippen LogP contribution in [-0.4, -0.2) is 329 Å². The van der Waals surface area contributed by atoms with E-state index < -0.39 is 129 Å². The van der Waals surface area contributed by atoms with Gasteiger partial charge in [0.15, 0.2) is 87.4 Å². The Bertz CT molecular complexity index is 6850. The van der Waals surface area contributed by atoms with Crippen LogP contribution >= 0.6 is 35.5 Å². The first kappa shape index (κ1) is 92.7. The van der Waals surface area contributed by atoms with Crippen molar-refractivity contribution in [3.8, 4) is 0 Å². The molecule has 16 atom stereocenters. The molecule has 4 aliphatic heterocycles. The smallest absolute Gasteiger partial charge is 0.313 e. The fourth-order valence-corrected chi connectivity index (χ4v) is 14.9. The van der Waals surface area contributed by atoms with Gasteiger partial charge in [-0.2, -0.15) is 9.97 Å². The van der Waals surface area contributed by atoms with Gasteiger partial charge in [0.05, 0.1) is 91.1 Å². The highest BCUT2D eigenvalue weighted by Crippen LogP contribution is 2.34. The molecule has 4 fully saturated rings. The number of thioether (sulfide) groups is 2. The third-order valence-corrected chi connectivity index (χ3v) is 21.6. The Morgan fingerprint density at radius 1 is 0.438 bits per heavy atom. The number of methoxy groups -OCH3 is 1. The van der Waals surface area contributed by atoms with Crippen LogP contribution in [0.15, 0.2) is 121 Å². The average Bonchev–Trinajstić information content (AvgIpc) is 1.66. The summed E-state index contributed by atoms with van der Waals surface area (Å²) in [5, 5.41) is 108. The number of aliphatic hydroxyl groups is 11. The second-order valence-corrected chi connectivity index (χ2v) is 29.9. The molecule has 57 nitrogen and oxygen atoms in total. The number of nitrogens with two attached hydrogens (primary N) is 2. The first-order valence-electron chi connectivity index (χ1n) is 37.6. The van der Waals surface area contributed by atoms with Crippen LogP contribution in [0.5, 0.6) is 0 Å². The number of hydrogen-bond donors (Lipinski definition) is 22. The summed E-state index contributed by atoms with van der Waals surface area (Å²) in [7, 11) is 7.91. The SMILES string of the molecule is CO[C@H]1[C@@H](O)[C@H](n2cnc3c(=O)[nH]c(N)nc32)O[C@@H]1CO.CSNc1nc2nc[nH]c2c(=O)[nH]1.CSc1ncnc2nc[nH]c12.CSc1ncnc2nc[nH]c12.Cn1c[n+]([C@@H]2O[C@H](CO)[C@@H](O)[C@H]2O)c2nc(N)[nH]c(=O)c21.Cn1c[n+]([C@@H]2O[C@H](CO)[C@@H](O)[C@H]2O)c2nc[nH]c(=O)c21.Cn1cnc2c(ncn2[C@@H]2O[C@H](CO)[C@@H](O)[C@H]2O)c1=O.Cn1cnc2nc[nH]c2c1=O. The van der Waals surface area contributed by atoms with Crippen LogP contribution in [-0.2, 0) is 51.9 Å². The van der Waals surface area contributed by atoms with Crippen molar-refractivity contribution in [1.82, 2.24) is 147 Å². The fourth-order valence-electron chi connectivity index (χ4n) is 13.6. The van der Waals surface area contributed by atoms with E-state index in [1.165, 1.54) is 114 Å². The van der Waals surface area contributed by atoms with E-state index in [0.29, 0.717) is 39.4 Å². The molecule has 680 valence electrons. The number of aryl methyl sites for hydroxylation is 4. The van der Waals surface area contributed by atoms with E-state index >= 15 is 0 Å². The molecule has 4 aliphatic rings. The minimum atomic E-state index is -1.26. The molecule has 0 spiro atoms. The lowest BCUT2D eigenvalue weighted by Gasteiger charge is -2.17. The Kier molecular flexibility index (Phi) is 29.2. The van der Waals surface area contributed by atoms with Crippen LogP contribution in [0.3, 0.4) is 0 Å². The molecular formula is C68H85N35O22S3+2. The normalized spacial score (nSPS) is 22.9. The van der Waals surface area contributed by atoms with Crippen LogP contribution in [0, 0.1) is 0 Å². The van der Waals surface area contributed by atoms with E-state index in [9.17, 15) is 69.6 Å². The highest BCUT2D eigenvalue weighted by Gasteiger charge is 2.50. The minimum Gasteiger partial charge on any atom is -0.394 e. The van der Waals surface area contributed by atoms with Crippen LogP contribution in [0.4, 0.5) is 17.8 Å². The molecule has 0 aromatic carbocycles. The minimum absolute atomic E-state index is 0.0660. The van der Waals surface area contributed by atoms with Gasteiger partial charge in [-0.1, -0.05) is 21.9 Å². The number of nitrogen functional groups attached to an aromatic ring is 2. The molecule has 16 aromatic rings. The summed E-state index contributed by atoms with van der Waals surface area (Å²) in [5.74, 6) is 0.278. The molecule has 24 N–H and O–H groups in total. The Morgan fingerprint density at radius 3 is 1.45 bits per heavy atom. The van der Waals surface area contributed by atoms with Crippen molar-refractivity contribution >= 4 is 143 Å². The van der Waals surface area contributed by atoms with Crippen molar-refractivity contribution in [3.05, 3.63) is 144 Å². The van der Waals surface area contributed by atoms with Gasteiger partial charge >= 0.3 is 11.3 Å². The highest BCUT2D eigenvalue weighted by molar-refractivity contribution is 7.99. The number of aromatic nitrogens is 32. The molecule has 20 rings (SSSR count). The lowest BCUT2D eigenvalue weighted by atomic mass is 10.1. The fraction of sp³-hybridized carbons (Fsp3) is 0.412. The van der Waals surface area contributed by atoms with Crippen LogP contribution < -0.4 is 58.7 Å². The largest absolute Gasteiger partial charge is 0.394 e. The Hall–Kier alpha value is -13.0. The number of fused-ring (bicyclic) bond motifs is 8. The molecule has 0 unspecified atom stereocenters. The molecule has 16 aromatic heterocycles. The van der Waals surface area contributed by atoms with Gasteiger partial charge in [0, 0.05) is 27.5 Å². The van der Waals surface area contributed by atoms with Gasteiger partial charge < -0.3 is 120 Å². The zero-order valence-corrected chi connectivity index (χ0v) is 70.5. The summed E-state index contributed by atoms with van der Waals surface area (Å²) in [4.78, 5) is 155. The van der Waals surface area contributed by atoms with Crippen molar-refractivity contribution in [2.45, 2.75) is 108 Å². The molecule has 0 radical (unpaired) electrons. The monoisotopic (exact) mass is 1840 g/mol. The Morgan fingerprint density at radius 2 is 0.906 bits per heavy atom. The number of H-pyrrole nitrogens is 8. The summed E-state index contributed by atoms with van der Waals surface area (Å²) in [6.07, 6.45) is 8.51. The van der Waals surface area contributed by atoms with Gasteiger partial charge in [-0.05, 0) is 12.5 Å². The number of ether oxygens (including phenoxy) is 5. The van der Waals surface area contributed by atoms with Crippen molar-refractivity contribution in [1.29, 1.82) is 0 Å². The van der Waals surface area contributed by atoms with E-state index in [1.54, 1.807) is 75.3 Å². The third kappa shape index (κ3) is 18.9. The molecule has 4 saturated heterocycles. The molecule has 0 saturated carbocycles. The van der Waals surface area contributed by atoms with Crippen LogP contribution in [0.1, 0.15) is 24.9 Å². The second kappa shape index (κ2) is 40.3. The van der Waals surface area contributed by atoms with Crippen molar-refractivity contribution < 1.29 is 89.0 Å². The Balaban J connectivity index is 0.000000127. The van der Waals surface area contributed by atoms with Gasteiger partial charge in [0.1, 0.15) is 107 Å². The van der Waals surface area contributed by atoms with Crippen LogP contribution in [0.25, 0.3) is 89.3 Å². The summed E-state index contributed by atoms with van der Waals surface area (Å²) >= 11 is 4.52. The number of aromatic amines is 8. The number of hydrogen-bond acceptors (Lipinski definition) is 44. The lowest BCUT2D eigenvalue weighted by Crippen LogP contribution is -2.46. The zero-order chi connectivity index (χ0) is 91.8. The first-order valence-corrected chi connectivity index (χ1v) is 41.3. The highest BCUT2D eigenvalue weighted by atomic mass is 32.2. The molecule has 0 aliphatic carbocycles. The van der Waals surface area contributed by atoms with Crippen molar-refractivity contribution in [2.75, 3.05) is 68.5 Å². The first-order chi connectivity index (χ1) is 61.5. The van der Waals surface area contributed by atoms with E-state index in [-0.39, 0.29) is 74.2 Å². The molecule has 0 bridgehead atoms. The van der Waals surface area contributed by atoms with Gasteiger partial charge in [-0.3, -0.25) is 71.7 Å². The van der Waals surface area contributed by atoms with E-state index in [2.05, 4.69) is 124 Å². The van der Waals surface area contributed by atoms with Gasteiger partial charge in [0.25, 0.3) is 39.3 Å². The maximum Gasteiger partial charge on any atom is 0.313 e. The summed E-state index contributed by atoms with van der Waals surface area (Å²) in [5.41, 5.74) is 16.0. The summed E-state index contributed by atoms with van der Waals surface area (Å²) in [6.45, 7) is -1.57. The molecule has 0 amide bonds. The van der Waals surface area contributed by atoms with E-state index in [1.807, 2.05) is 18.8 Å². The number of nitrogens with zero attached hydrogens (tertiary/aromatic N) is 24. The average molecular weight is 1840 g/mol. The summed E-state index contributed by atoms with van der Waals surface area (Å²) in [6, 6.07) is 0. The quantitative estimate of drug-likeness (QED) is 0.0221. The second-order valence-electron chi connectivity index (χ2n) is 27.7. The van der Waals surface area contributed by atoms with E-state index in [0.717, 1.165) is 32.4 Å².